The van der Waals surface area contributed by atoms with Crippen molar-refractivity contribution in [3.63, 3.8) is 0 Å². The molecule has 3 heterocycles. The summed E-state index contributed by atoms with van der Waals surface area (Å²) in [6.07, 6.45) is 2.31. The number of ether oxygens (including phenoxy) is 1. The fourth-order valence-corrected chi connectivity index (χ4v) is 5.27. The third-order valence-electron chi connectivity index (χ3n) is 5.62. The highest BCUT2D eigenvalue weighted by atomic mass is 32.1. The first kappa shape index (κ1) is 19.3. The highest BCUT2D eigenvalue weighted by Gasteiger charge is 2.30. The van der Waals surface area contributed by atoms with E-state index in [1.807, 2.05) is 49.4 Å². The third-order valence-corrected chi connectivity index (χ3v) is 6.76. The molecule has 1 saturated heterocycles. The van der Waals surface area contributed by atoms with Crippen LogP contribution in [0.1, 0.15) is 42.3 Å². The van der Waals surface area contributed by atoms with Crippen molar-refractivity contribution in [1.29, 1.82) is 0 Å². The molecule has 30 heavy (non-hydrogen) atoms. The summed E-state index contributed by atoms with van der Waals surface area (Å²) < 4.78 is 13.1. The molecule has 0 saturated carbocycles. The number of hydrogen-bond donors (Lipinski definition) is 0. The fourth-order valence-electron chi connectivity index (χ4n) is 4.13. The van der Waals surface area contributed by atoms with Gasteiger partial charge in [0.25, 0.3) is 0 Å². The Labute approximate surface area is 180 Å². The summed E-state index contributed by atoms with van der Waals surface area (Å²) >= 11 is 1.81. The lowest BCUT2D eigenvalue weighted by atomic mass is 10.2. The first-order valence-corrected chi connectivity index (χ1v) is 11.3. The second kappa shape index (κ2) is 8.20. The van der Waals surface area contributed by atoms with E-state index >= 15 is 0 Å². The number of aromatic nitrogens is 2. The Bertz CT molecular complexity index is 1130. The number of thiazole rings is 1. The number of nitrogens with zero attached hydrogens (tertiary/aromatic N) is 3. The predicted molar refractivity (Wildman–Crippen MR) is 120 cm³/mol. The molecule has 0 unspecified atom stereocenters. The second-order valence-electron chi connectivity index (χ2n) is 7.60. The van der Waals surface area contributed by atoms with E-state index in [2.05, 4.69) is 29.2 Å². The van der Waals surface area contributed by atoms with Gasteiger partial charge in [0.05, 0.1) is 34.1 Å². The van der Waals surface area contributed by atoms with Crippen LogP contribution in [0.5, 0.6) is 5.75 Å². The minimum atomic E-state index is 0.345. The number of rotatable bonds is 6. The minimum Gasteiger partial charge on any atom is -0.493 e. The van der Waals surface area contributed by atoms with Crippen LogP contribution in [0.25, 0.3) is 21.7 Å². The summed E-state index contributed by atoms with van der Waals surface area (Å²) in [5, 5.41) is 1.21. The largest absolute Gasteiger partial charge is 0.493 e. The van der Waals surface area contributed by atoms with Gasteiger partial charge in [-0.05, 0) is 57.5 Å². The van der Waals surface area contributed by atoms with Gasteiger partial charge in [-0.15, -0.1) is 11.3 Å². The molecule has 1 aliphatic rings. The molecule has 0 amide bonds. The number of benzene rings is 2. The Kier molecular flexibility index (Phi) is 5.27. The Morgan fingerprint density at radius 2 is 1.97 bits per heavy atom. The van der Waals surface area contributed by atoms with Crippen molar-refractivity contribution in [2.24, 2.45) is 0 Å². The average Bonchev–Trinajstić information content (AvgIpc) is 3.47. The lowest BCUT2D eigenvalue weighted by Crippen LogP contribution is -2.23. The molecule has 5 nitrogen and oxygen atoms in total. The molecular weight excluding hydrogens is 394 g/mol. The highest BCUT2D eigenvalue weighted by molar-refractivity contribution is 7.18. The molecule has 2 aromatic carbocycles. The first-order valence-electron chi connectivity index (χ1n) is 10.5. The van der Waals surface area contributed by atoms with E-state index in [-0.39, 0.29) is 0 Å². The maximum Gasteiger partial charge on any atom is 0.230 e. The van der Waals surface area contributed by atoms with E-state index in [1.165, 1.54) is 16.1 Å². The molecule has 0 radical (unpaired) electrons. The van der Waals surface area contributed by atoms with Crippen molar-refractivity contribution >= 4 is 21.6 Å². The van der Waals surface area contributed by atoms with Crippen molar-refractivity contribution in [2.45, 2.75) is 39.3 Å². The van der Waals surface area contributed by atoms with Crippen LogP contribution in [0.15, 0.2) is 52.9 Å². The van der Waals surface area contributed by atoms with E-state index in [0.29, 0.717) is 18.5 Å². The molecule has 0 bridgehead atoms. The SMILES string of the molecule is CCOc1ccccc1-c1nc(CN2CCC[C@@H]2c2nc3ccccc3s2)c(C)o1. The van der Waals surface area contributed by atoms with Gasteiger partial charge in [-0.25, -0.2) is 9.97 Å². The molecule has 1 atom stereocenters. The monoisotopic (exact) mass is 419 g/mol. The van der Waals surface area contributed by atoms with E-state index in [1.54, 1.807) is 0 Å². The topological polar surface area (TPSA) is 51.4 Å². The van der Waals surface area contributed by atoms with Crippen LogP contribution in [0.4, 0.5) is 0 Å². The van der Waals surface area contributed by atoms with E-state index in [0.717, 1.165) is 47.8 Å². The third kappa shape index (κ3) is 3.61. The van der Waals surface area contributed by atoms with E-state index < -0.39 is 0 Å². The molecule has 6 heteroatoms. The van der Waals surface area contributed by atoms with Gasteiger partial charge in [-0.1, -0.05) is 24.3 Å². The smallest absolute Gasteiger partial charge is 0.230 e. The van der Waals surface area contributed by atoms with E-state index in [4.69, 9.17) is 19.1 Å². The van der Waals surface area contributed by atoms with Crippen LogP contribution >= 0.6 is 11.3 Å². The highest BCUT2D eigenvalue weighted by Crippen LogP contribution is 2.38. The molecule has 0 aliphatic carbocycles. The molecule has 0 spiro atoms. The molecule has 2 aromatic heterocycles. The molecular formula is C24H25N3O2S. The Morgan fingerprint density at radius 3 is 2.83 bits per heavy atom. The fraction of sp³-hybridized carbons (Fsp3) is 0.333. The Hall–Kier alpha value is -2.70. The number of hydrogen-bond acceptors (Lipinski definition) is 6. The van der Waals surface area contributed by atoms with Crippen LogP contribution < -0.4 is 4.74 Å². The van der Waals surface area contributed by atoms with Gasteiger partial charge in [-0.3, -0.25) is 4.90 Å². The van der Waals surface area contributed by atoms with Crippen molar-refractivity contribution in [1.82, 2.24) is 14.9 Å². The zero-order valence-electron chi connectivity index (χ0n) is 17.3. The molecule has 4 aromatic rings. The average molecular weight is 420 g/mol. The number of para-hydroxylation sites is 2. The Morgan fingerprint density at radius 1 is 1.13 bits per heavy atom. The first-order chi connectivity index (χ1) is 14.7. The number of oxazole rings is 1. The van der Waals surface area contributed by atoms with Crippen molar-refractivity contribution < 1.29 is 9.15 Å². The van der Waals surface area contributed by atoms with Gasteiger partial charge in [0, 0.05) is 6.54 Å². The van der Waals surface area contributed by atoms with Gasteiger partial charge >= 0.3 is 0 Å². The summed E-state index contributed by atoms with van der Waals surface area (Å²) in [7, 11) is 0. The summed E-state index contributed by atoms with van der Waals surface area (Å²) in [6.45, 7) is 6.42. The van der Waals surface area contributed by atoms with Crippen molar-refractivity contribution in [3.8, 4) is 17.2 Å². The van der Waals surface area contributed by atoms with Crippen LogP contribution in [0.2, 0.25) is 0 Å². The zero-order valence-corrected chi connectivity index (χ0v) is 18.1. The number of aryl methyl sites for hydroxylation is 1. The quantitative estimate of drug-likeness (QED) is 0.384. The molecule has 0 N–H and O–H groups in total. The maximum atomic E-state index is 6.06. The van der Waals surface area contributed by atoms with Gasteiger partial charge in [0.15, 0.2) is 0 Å². The predicted octanol–water partition coefficient (Wildman–Crippen LogP) is 6.00. The lowest BCUT2D eigenvalue weighted by molar-refractivity contribution is 0.244. The summed E-state index contributed by atoms with van der Waals surface area (Å²) in [6, 6.07) is 16.6. The van der Waals surface area contributed by atoms with Gasteiger partial charge in [-0.2, -0.15) is 0 Å². The standard InChI is InChI=1S/C24H25N3O2S/c1-3-28-21-12-6-4-9-17(21)23-25-19(16(2)29-23)15-27-14-8-11-20(27)24-26-18-10-5-7-13-22(18)30-24/h4-7,9-10,12-13,20H,3,8,11,14-15H2,1-2H3/t20-/m1/s1. The van der Waals surface area contributed by atoms with Crippen molar-refractivity contribution in [2.75, 3.05) is 13.2 Å². The summed E-state index contributed by atoms with van der Waals surface area (Å²) in [5.74, 6) is 2.30. The number of fused-ring (bicyclic) bond motifs is 1. The maximum absolute atomic E-state index is 6.06. The van der Waals surface area contributed by atoms with Crippen LogP contribution in [0, 0.1) is 6.92 Å². The zero-order chi connectivity index (χ0) is 20.5. The Balaban J connectivity index is 1.40. The van der Waals surface area contributed by atoms with Gasteiger partial charge in [0.1, 0.15) is 16.5 Å². The van der Waals surface area contributed by atoms with Crippen molar-refractivity contribution in [3.05, 3.63) is 65.0 Å². The summed E-state index contributed by atoms with van der Waals surface area (Å²) in [5.41, 5.74) is 2.99. The molecule has 1 aliphatic heterocycles. The normalized spacial score (nSPS) is 17.1. The van der Waals surface area contributed by atoms with E-state index in [9.17, 15) is 0 Å². The molecule has 1 fully saturated rings. The molecule has 5 rings (SSSR count). The van der Waals surface area contributed by atoms with Crippen LogP contribution in [0.3, 0.4) is 0 Å². The molecule has 154 valence electrons. The summed E-state index contributed by atoms with van der Waals surface area (Å²) in [4.78, 5) is 12.2. The van der Waals surface area contributed by atoms with Crippen LogP contribution in [-0.2, 0) is 6.54 Å². The number of likely N-dealkylation sites (tertiary alicyclic amines) is 1. The second-order valence-corrected chi connectivity index (χ2v) is 8.66. The van der Waals surface area contributed by atoms with Crippen LogP contribution in [-0.4, -0.2) is 28.0 Å². The van der Waals surface area contributed by atoms with Gasteiger partial charge < -0.3 is 9.15 Å². The minimum absolute atomic E-state index is 0.345. The van der Waals surface area contributed by atoms with Gasteiger partial charge in [0.2, 0.25) is 5.89 Å². The lowest BCUT2D eigenvalue weighted by Gasteiger charge is -2.21.